The van der Waals surface area contributed by atoms with Crippen LogP contribution in [0.3, 0.4) is 0 Å². The highest BCUT2D eigenvalue weighted by atomic mass is 16.3. The number of benzene rings is 1. The van der Waals surface area contributed by atoms with E-state index in [1.54, 1.807) is 16.9 Å². The number of aliphatic hydroxyl groups excluding tert-OH is 1. The Morgan fingerprint density at radius 2 is 1.79 bits per heavy atom. The second kappa shape index (κ2) is 10.4. The molecule has 0 aliphatic heterocycles. The van der Waals surface area contributed by atoms with Gasteiger partial charge in [-0.05, 0) is 78.6 Å². The van der Waals surface area contributed by atoms with Gasteiger partial charge in [-0.25, -0.2) is 4.52 Å². The molecule has 3 aromatic heterocycles. The Kier molecular flexibility index (Phi) is 6.64. The van der Waals surface area contributed by atoms with Crippen molar-refractivity contribution in [1.82, 2.24) is 25.2 Å². The molecule has 3 N–H and O–H groups in total. The Balaban J connectivity index is 1.23. The summed E-state index contributed by atoms with van der Waals surface area (Å²) in [5.41, 5.74) is 5.72. The first-order valence-corrected chi connectivity index (χ1v) is 13.4. The largest absolute Gasteiger partial charge is 0.391 e. The fourth-order valence-electron chi connectivity index (χ4n) is 5.21. The van der Waals surface area contributed by atoms with Gasteiger partial charge in [-0.3, -0.25) is 14.6 Å². The zero-order chi connectivity index (χ0) is 26.1. The first-order valence-electron chi connectivity index (χ1n) is 13.4. The van der Waals surface area contributed by atoms with Gasteiger partial charge in [0.2, 0.25) is 0 Å². The molecule has 8 nitrogen and oxygen atoms in total. The van der Waals surface area contributed by atoms with E-state index in [-0.39, 0.29) is 23.9 Å². The maximum absolute atomic E-state index is 13.1. The summed E-state index contributed by atoms with van der Waals surface area (Å²) in [6, 6.07) is 15.8. The minimum absolute atomic E-state index is 0.0846. The quantitative estimate of drug-likeness (QED) is 0.350. The molecule has 0 bridgehead atoms. The summed E-state index contributed by atoms with van der Waals surface area (Å²) in [6.07, 6.45) is 10.8. The van der Waals surface area contributed by atoms with Crippen LogP contribution in [0.15, 0.2) is 67.1 Å². The predicted octanol–water partition coefficient (Wildman–Crippen LogP) is 3.91. The van der Waals surface area contributed by atoms with Gasteiger partial charge in [-0.2, -0.15) is 5.10 Å². The van der Waals surface area contributed by atoms with Gasteiger partial charge >= 0.3 is 0 Å². The van der Waals surface area contributed by atoms with E-state index in [1.165, 1.54) is 0 Å². The van der Waals surface area contributed by atoms with E-state index in [9.17, 15) is 14.7 Å². The molecule has 0 saturated heterocycles. The average Bonchev–Trinajstić information content (AvgIpc) is 3.62. The number of nitrogens with one attached hydrogen (secondary N) is 2. The third-order valence-electron chi connectivity index (χ3n) is 7.50. The summed E-state index contributed by atoms with van der Waals surface area (Å²) in [6.45, 7) is 0. The second-order valence-electron chi connectivity index (χ2n) is 10.4. The third-order valence-corrected chi connectivity index (χ3v) is 7.50. The molecule has 2 amide bonds. The van der Waals surface area contributed by atoms with E-state index >= 15 is 0 Å². The Bertz CT molecular complexity index is 1480. The molecule has 2 saturated carbocycles. The fourth-order valence-corrected chi connectivity index (χ4v) is 5.21. The van der Waals surface area contributed by atoms with E-state index in [4.69, 9.17) is 0 Å². The lowest BCUT2D eigenvalue weighted by molar-refractivity contribution is 0.0712. The van der Waals surface area contributed by atoms with Gasteiger partial charge in [0.25, 0.3) is 11.8 Å². The zero-order valence-corrected chi connectivity index (χ0v) is 21.1. The number of rotatable bonds is 7. The molecule has 2 aliphatic rings. The predicted molar refractivity (Wildman–Crippen MR) is 144 cm³/mol. The summed E-state index contributed by atoms with van der Waals surface area (Å²) in [4.78, 5) is 29.9. The number of hydrogen-bond donors (Lipinski definition) is 3. The molecular formula is C30H31N5O3. The van der Waals surface area contributed by atoms with Crippen LogP contribution in [0.25, 0.3) is 16.6 Å². The minimum Gasteiger partial charge on any atom is -0.391 e. The molecule has 8 heteroatoms. The summed E-state index contributed by atoms with van der Waals surface area (Å²) in [7, 11) is 0. The Morgan fingerprint density at radius 1 is 0.974 bits per heavy atom. The number of hydrogen-bond acceptors (Lipinski definition) is 5. The fraction of sp³-hybridized carbons (Fsp3) is 0.333. The molecule has 6 rings (SSSR count). The lowest BCUT2D eigenvalue weighted by Crippen LogP contribution is -2.45. The number of nitrogens with zero attached hydrogens (tertiary/aromatic N) is 3. The summed E-state index contributed by atoms with van der Waals surface area (Å²) in [5.74, 6) is -0.350. The topological polar surface area (TPSA) is 109 Å². The van der Waals surface area contributed by atoms with E-state index < -0.39 is 6.10 Å². The molecular weight excluding hydrogens is 478 g/mol. The molecule has 2 atom stereocenters. The number of aliphatic hydroxyl groups is 1. The van der Waals surface area contributed by atoms with Crippen molar-refractivity contribution in [3.05, 3.63) is 89.5 Å². The van der Waals surface area contributed by atoms with Crippen LogP contribution < -0.4 is 10.6 Å². The molecule has 2 aliphatic carbocycles. The molecule has 38 heavy (non-hydrogen) atoms. The van der Waals surface area contributed by atoms with Crippen LogP contribution in [0.1, 0.15) is 70.5 Å². The Labute approximate surface area is 221 Å². The molecule has 0 unspecified atom stereocenters. The first kappa shape index (κ1) is 24.3. The van der Waals surface area contributed by atoms with Crippen LogP contribution in [0.2, 0.25) is 0 Å². The molecule has 3 heterocycles. The van der Waals surface area contributed by atoms with Crippen LogP contribution >= 0.6 is 0 Å². The molecule has 1 aromatic carbocycles. The van der Waals surface area contributed by atoms with E-state index in [1.807, 2.05) is 42.6 Å². The summed E-state index contributed by atoms with van der Waals surface area (Å²) in [5, 5.41) is 20.8. The van der Waals surface area contributed by atoms with Crippen LogP contribution in [0, 0.1) is 0 Å². The summed E-state index contributed by atoms with van der Waals surface area (Å²) < 4.78 is 1.73. The minimum atomic E-state index is -0.512. The molecule has 194 valence electrons. The number of carbonyl (C=O) groups excluding carboxylic acids is 2. The highest BCUT2D eigenvalue weighted by Gasteiger charge is 2.26. The van der Waals surface area contributed by atoms with Crippen molar-refractivity contribution < 1.29 is 14.7 Å². The van der Waals surface area contributed by atoms with Crippen molar-refractivity contribution in [2.24, 2.45) is 0 Å². The summed E-state index contributed by atoms with van der Waals surface area (Å²) >= 11 is 0. The van der Waals surface area contributed by atoms with Crippen molar-refractivity contribution in [2.75, 3.05) is 0 Å². The monoisotopic (exact) mass is 509 g/mol. The van der Waals surface area contributed by atoms with Gasteiger partial charge in [0, 0.05) is 24.6 Å². The van der Waals surface area contributed by atoms with Crippen molar-refractivity contribution >= 4 is 17.3 Å². The van der Waals surface area contributed by atoms with E-state index in [2.05, 4.69) is 32.8 Å². The average molecular weight is 510 g/mol. The standard InChI is InChI=1S/C30H31N5O3/c36-28-6-2-1-4-25(28)33-30(38)26-17-21(27-5-3-15-35(27)34-26)16-19-7-9-20(10-8-19)23-13-14-31-18-24(23)29(37)32-22-11-12-22/h3,5,7-10,13-15,17-18,22,25,28,36H,1-2,4,6,11-12,16H2,(H,32,37)(H,33,38)/t25-,28-/m0/s1. The molecule has 2 fully saturated rings. The molecule has 4 aromatic rings. The smallest absolute Gasteiger partial charge is 0.272 e. The van der Waals surface area contributed by atoms with Crippen molar-refractivity contribution in [3.8, 4) is 11.1 Å². The normalized spacial score (nSPS) is 19.3. The zero-order valence-electron chi connectivity index (χ0n) is 21.1. The molecule has 0 radical (unpaired) electrons. The lowest BCUT2D eigenvalue weighted by Gasteiger charge is -2.28. The van der Waals surface area contributed by atoms with Crippen LogP contribution in [0.5, 0.6) is 0 Å². The van der Waals surface area contributed by atoms with Gasteiger partial charge < -0.3 is 15.7 Å². The van der Waals surface area contributed by atoms with E-state index in [0.29, 0.717) is 24.1 Å². The maximum Gasteiger partial charge on any atom is 0.272 e. The maximum atomic E-state index is 13.1. The SMILES string of the molecule is O=C(N[C@H]1CCCC[C@@H]1O)c1cc(Cc2ccc(-c3ccncc3C(=O)NC3CC3)cc2)c2cccn2n1. The number of pyridine rings is 1. The van der Waals surface area contributed by atoms with Crippen molar-refractivity contribution in [3.63, 3.8) is 0 Å². The van der Waals surface area contributed by atoms with Gasteiger partial charge in [0.1, 0.15) is 5.69 Å². The van der Waals surface area contributed by atoms with Gasteiger partial charge in [0.15, 0.2) is 0 Å². The van der Waals surface area contributed by atoms with E-state index in [0.717, 1.165) is 59.9 Å². The van der Waals surface area contributed by atoms with Crippen LogP contribution in [-0.2, 0) is 6.42 Å². The van der Waals surface area contributed by atoms with Crippen LogP contribution in [0.4, 0.5) is 0 Å². The van der Waals surface area contributed by atoms with Gasteiger partial charge in [0.05, 0.1) is 23.2 Å². The van der Waals surface area contributed by atoms with Gasteiger partial charge in [-0.15, -0.1) is 0 Å². The number of amides is 2. The lowest BCUT2D eigenvalue weighted by atomic mass is 9.92. The number of aromatic nitrogens is 3. The first-order chi connectivity index (χ1) is 18.5. The van der Waals surface area contributed by atoms with Crippen molar-refractivity contribution in [1.29, 1.82) is 0 Å². The van der Waals surface area contributed by atoms with Crippen molar-refractivity contribution in [2.45, 2.75) is 63.1 Å². The third kappa shape index (κ3) is 5.17. The van der Waals surface area contributed by atoms with Gasteiger partial charge in [-0.1, -0.05) is 37.1 Å². The number of fused-ring (bicyclic) bond motifs is 1. The number of carbonyl (C=O) groups is 2. The Hall–Kier alpha value is -4.04. The highest BCUT2D eigenvalue weighted by molar-refractivity contribution is 6.00. The Morgan fingerprint density at radius 3 is 2.58 bits per heavy atom. The van der Waals surface area contributed by atoms with Crippen LogP contribution in [-0.4, -0.2) is 49.7 Å². The second-order valence-corrected chi connectivity index (χ2v) is 10.4. The molecule has 0 spiro atoms. The highest BCUT2D eigenvalue weighted by Crippen LogP contribution is 2.27.